The van der Waals surface area contributed by atoms with Gasteiger partial charge in [0, 0.05) is 66.2 Å². The number of rotatable bonds is 14. The highest BCUT2D eigenvalue weighted by atomic mass is 35.5. The number of carbonyl (C=O) groups is 1. The SMILES string of the molecule is C=C(C)C(=O)OCCC[Si](OC)(OC)OC.CO[Si](CCCCl)(OC)OC. The number of hydrogen-bond donors (Lipinski definition) is 0. The normalized spacial score (nSPS) is 11.6. The van der Waals surface area contributed by atoms with Gasteiger partial charge in [-0.15, -0.1) is 11.6 Å². The van der Waals surface area contributed by atoms with E-state index >= 15 is 0 Å². The summed E-state index contributed by atoms with van der Waals surface area (Å²) in [6, 6.07) is 1.39. The molecular formula is C16H35ClO8Si2. The fraction of sp³-hybridized carbons (Fsp3) is 0.812. The highest BCUT2D eigenvalue weighted by molar-refractivity contribution is 6.60. The molecule has 162 valence electrons. The summed E-state index contributed by atoms with van der Waals surface area (Å²) < 4.78 is 36.2. The molecule has 0 aliphatic heterocycles. The molecule has 0 amide bonds. The summed E-state index contributed by atoms with van der Waals surface area (Å²) in [6.45, 7) is 5.42. The second-order valence-corrected chi connectivity index (χ2v) is 12.0. The number of ether oxygens (including phenoxy) is 1. The van der Waals surface area contributed by atoms with Crippen LogP contribution in [-0.4, -0.2) is 78.7 Å². The predicted octanol–water partition coefficient (Wildman–Crippen LogP) is 2.87. The molecule has 0 unspecified atom stereocenters. The van der Waals surface area contributed by atoms with Gasteiger partial charge in [0.15, 0.2) is 0 Å². The Morgan fingerprint density at radius 3 is 1.48 bits per heavy atom. The molecule has 0 aromatic rings. The Bertz CT molecular complexity index is 387. The second-order valence-electron chi connectivity index (χ2n) is 5.40. The molecule has 27 heavy (non-hydrogen) atoms. The van der Waals surface area contributed by atoms with Crippen LogP contribution in [0.15, 0.2) is 12.2 Å². The van der Waals surface area contributed by atoms with Gasteiger partial charge in [0.25, 0.3) is 0 Å². The lowest BCUT2D eigenvalue weighted by atomic mass is 10.4. The van der Waals surface area contributed by atoms with Crippen molar-refractivity contribution in [2.75, 3.05) is 55.1 Å². The minimum absolute atomic E-state index is 0.316. The topological polar surface area (TPSA) is 81.7 Å². The van der Waals surface area contributed by atoms with E-state index in [4.69, 9.17) is 42.9 Å². The van der Waals surface area contributed by atoms with Gasteiger partial charge in [-0.3, -0.25) is 0 Å². The van der Waals surface area contributed by atoms with Crippen LogP contribution in [0.4, 0.5) is 0 Å². The maximum Gasteiger partial charge on any atom is 0.500 e. The second kappa shape index (κ2) is 16.6. The van der Waals surface area contributed by atoms with Crippen molar-refractivity contribution in [2.45, 2.75) is 31.9 Å². The summed E-state index contributed by atoms with van der Waals surface area (Å²) in [5.41, 5.74) is 0.397. The first-order chi connectivity index (χ1) is 12.8. The first kappa shape index (κ1) is 28.9. The Labute approximate surface area is 170 Å². The van der Waals surface area contributed by atoms with Crippen molar-refractivity contribution in [1.82, 2.24) is 0 Å². The first-order valence-corrected chi connectivity index (χ1v) is 12.8. The standard InChI is InChI=1S/C10H20O5Si.C6H15ClO3Si/c1-9(2)10(11)15-7-6-8-16(12-3,13-4)14-5;1-8-11(9-2,10-3)6-4-5-7/h1,6-8H2,2-5H3;4-6H2,1-3H3. The van der Waals surface area contributed by atoms with Gasteiger partial charge in [0.05, 0.1) is 6.61 Å². The average molecular weight is 447 g/mol. The van der Waals surface area contributed by atoms with Gasteiger partial charge in [-0.1, -0.05) is 6.58 Å². The van der Waals surface area contributed by atoms with Gasteiger partial charge in [0.1, 0.15) is 0 Å². The van der Waals surface area contributed by atoms with E-state index in [1.54, 1.807) is 49.6 Å². The van der Waals surface area contributed by atoms with Crippen molar-refractivity contribution < 1.29 is 36.1 Å². The van der Waals surface area contributed by atoms with Crippen LogP contribution in [0.3, 0.4) is 0 Å². The van der Waals surface area contributed by atoms with Gasteiger partial charge in [-0.25, -0.2) is 4.79 Å². The van der Waals surface area contributed by atoms with Crippen molar-refractivity contribution in [3.63, 3.8) is 0 Å². The van der Waals surface area contributed by atoms with E-state index in [9.17, 15) is 4.79 Å². The zero-order valence-electron chi connectivity index (χ0n) is 17.6. The molecule has 0 aromatic heterocycles. The lowest BCUT2D eigenvalue weighted by molar-refractivity contribution is -0.139. The van der Waals surface area contributed by atoms with Crippen LogP contribution in [-0.2, 0) is 36.1 Å². The third kappa shape index (κ3) is 12.0. The molecule has 0 saturated heterocycles. The Balaban J connectivity index is 0. The fourth-order valence-corrected chi connectivity index (χ4v) is 5.74. The van der Waals surface area contributed by atoms with Gasteiger partial charge < -0.3 is 31.3 Å². The highest BCUT2D eigenvalue weighted by Crippen LogP contribution is 2.15. The maximum absolute atomic E-state index is 11.1. The molecule has 0 rings (SSSR count). The molecule has 0 aliphatic rings. The fourth-order valence-electron chi connectivity index (χ4n) is 1.97. The van der Waals surface area contributed by atoms with Gasteiger partial charge in [0.2, 0.25) is 0 Å². The Kier molecular flexibility index (Phi) is 17.8. The lowest BCUT2D eigenvalue weighted by Gasteiger charge is -2.24. The van der Waals surface area contributed by atoms with Crippen molar-refractivity contribution in [3.05, 3.63) is 12.2 Å². The summed E-state index contributed by atoms with van der Waals surface area (Å²) in [6.07, 6.45) is 1.50. The Morgan fingerprint density at radius 2 is 1.19 bits per heavy atom. The summed E-state index contributed by atoms with van der Waals surface area (Å²) in [4.78, 5) is 11.1. The smallest absolute Gasteiger partial charge is 0.462 e. The Morgan fingerprint density at radius 1 is 0.815 bits per heavy atom. The largest absolute Gasteiger partial charge is 0.500 e. The number of carbonyl (C=O) groups excluding carboxylic acids is 1. The molecule has 0 aromatic carbocycles. The van der Waals surface area contributed by atoms with E-state index in [0.717, 1.165) is 12.5 Å². The van der Waals surface area contributed by atoms with Crippen molar-refractivity contribution in [1.29, 1.82) is 0 Å². The lowest BCUT2D eigenvalue weighted by Crippen LogP contribution is -2.42. The molecule has 11 heteroatoms. The van der Waals surface area contributed by atoms with Crippen molar-refractivity contribution in [3.8, 4) is 0 Å². The predicted molar refractivity (Wildman–Crippen MR) is 109 cm³/mol. The Hall–Kier alpha value is -0.306. The molecule has 0 bridgehead atoms. The number of esters is 1. The third-order valence-electron chi connectivity index (χ3n) is 3.69. The van der Waals surface area contributed by atoms with E-state index in [1.165, 1.54) is 0 Å². The number of halogens is 1. The zero-order chi connectivity index (χ0) is 21.3. The number of hydrogen-bond acceptors (Lipinski definition) is 8. The van der Waals surface area contributed by atoms with E-state index < -0.39 is 17.6 Å². The van der Waals surface area contributed by atoms with Gasteiger partial charge >= 0.3 is 23.6 Å². The van der Waals surface area contributed by atoms with Crippen molar-refractivity contribution in [2.24, 2.45) is 0 Å². The molecule has 0 saturated carbocycles. The molecule has 0 aliphatic carbocycles. The quantitative estimate of drug-likeness (QED) is 0.132. The maximum atomic E-state index is 11.1. The molecule has 0 fully saturated rings. The molecule has 0 spiro atoms. The molecule has 0 atom stereocenters. The monoisotopic (exact) mass is 446 g/mol. The summed E-state index contributed by atoms with van der Waals surface area (Å²) in [5, 5.41) is 0. The summed E-state index contributed by atoms with van der Waals surface area (Å²) >= 11 is 5.53. The molecular weight excluding hydrogens is 412 g/mol. The highest BCUT2D eigenvalue weighted by Gasteiger charge is 2.37. The van der Waals surface area contributed by atoms with Crippen LogP contribution in [0, 0.1) is 0 Å². The van der Waals surface area contributed by atoms with E-state index in [0.29, 0.717) is 30.5 Å². The van der Waals surface area contributed by atoms with Crippen LogP contribution in [0.5, 0.6) is 0 Å². The third-order valence-corrected chi connectivity index (χ3v) is 9.62. The van der Waals surface area contributed by atoms with Crippen LogP contribution >= 0.6 is 11.6 Å². The van der Waals surface area contributed by atoms with Crippen LogP contribution in [0.25, 0.3) is 0 Å². The minimum Gasteiger partial charge on any atom is -0.462 e. The summed E-state index contributed by atoms with van der Waals surface area (Å²) in [5.74, 6) is 0.240. The van der Waals surface area contributed by atoms with Crippen LogP contribution in [0.2, 0.25) is 12.1 Å². The van der Waals surface area contributed by atoms with Crippen LogP contribution in [0.1, 0.15) is 19.8 Å². The molecule has 0 radical (unpaired) electrons. The minimum atomic E-state index is -2.53. The average Bonchev–Trinajstić information content (AvgIpc) is 2.70. The molecule has 0 N–H and O–H groups in total. The van der Waals surface area contributed by atoms with Crippen LogP contribution < -0.4 is 0 Å². The van der Waals surface area contributed by atoms with E-state index in [1.807, 2.05) is 0 Å². The summed E-state index contributed by atoms with van der Waals surface area (Å²) in [7, 11) is 4.62. The zero-order valence-corrected chi connectivity index (χ0v) is 20.3. The van der Waals surface area contributed by atoms with E-state index in [2.05, 4.69) is 6.58 Å². The number of alkyl halides is 1. The van der Waals surface area contributed by atoms with Crippen molar-refractivity contribution >= 4 is 35.2 Å². The molecule has 0 heterocycles. The molecule has 8 nitrogen and oxygen atoms in total. The first-order valence-electron chi connectivity index (χ1n) is 8.45. The van der Waals surface area contributed by atoms with E-state index in [-0.39, 0.29) is 5.97 Å². The van der Waals surface area contributed by atoms with Gasteiger partial charge in [-0.2, -0.15) is 0 Å². The van der Waals surface area contributed by atoms with Gasteiger partial charge in [-0.05, 0) is 19.8 Å².